The van der Waals surface area contributed by atoms with Gasteiger partial charge < -0.3 is 9.84 Å². The van der Waals surface area contributed by atoms with Gasteiger partial charge in [0, 0.05) is 5.57 Å². The van der Waals surface area contributed by atoms with Gasteiger partial charge in [0.15, 0.2) is 11.6 Å². The lowest BCUT2D eigenvalue weighted by molar-refractivity contribution is -0.132. The van der Waals surface area contributed by atoms with Gasteiger partial charge in [-0.15, -0.1) is 0 Å². The van der Waals surface area contributed by atoms with Crippen molar-refractivity contribution in [3.8, 4) is 5.75 Å². The number of hydrogen-bond donors (Lipinski definition) is 1. The van der Waals surface area contributed by atoms with Crippen LogP contribution in [0.15, 0.2) is 29.8 Å². The van der Waals surface area contributed by atoms with E-state index in [1.165, 1.54) is 25.1 Å². The molecule has 0 atom stereocenters. The van der Waals surface area contributed by atoms with Gasteiger partial charge in [-0.05, 0) is 25.1 Å². The molecule has 0 unspecified atom stereocenters. The van der Waals surface area contributed by atoms with Gasteiger partial charge in [0.1, 0.15) is 6.61 Å². The summed E-state index contributed by atoms with van der Waals surface area (Å²) in [5.41, 5.74) is 0.141. The van der Waals surface area contributed by atoms with Gasteiger partial charge in [-0.25, -0.2) is 9.18 Å². The molecular formula is C11H10ClFO3. The van der Waals surface area contributed by atoms with Crippen LogP contribution in [0.25, 0.3) is 0 Å². The average Bonchev–Trinajstić information content (AvgIpc) is 2.24. The molecule has 0 fully saturated rings. The highest BCUT2D eigenvalue weighted by Gasteiger charge is 2.06. The Labute approximate surface area is 97.1 Å². The van der Waals surface area contributed by atoms with Crippen molar-refractivity contribution in [2.75, 3.05) is 6.61 Å². The van der Waals surface area contributed by atoms with E-state index in [0.29, 0.717) is 0 Å². The fourth-order valence-electron chi connectivity index (χ4n) is 0.939. The number of carboxylic acids is 1. The van der Waals surface area contributed by atoms with Crippen molar-refractivity contribution >= 4 is 17.6 Å². The fraction of sp³-hybridized carbons (Fsp3) is 0.182. The lowest BCUT2D eigenvalue weighted by Gasteiger charge is -2.05. The Kier molecular flexibility index (Phi) is 4.31. The van der Waals surface area contributed by atoms with Crippen LogP contribution in [-0.4, -0.2) is 17.7 Å². The third-order valence-corrected chi connectivity index (χ3v) is 2.17. The normalized spacial score (nSPS) is 11.3. The number of benzene rings is 1. The highest BCUT2D eigenvalue weighted by atomic mass is 35.5. The number of aliphatic carboxylic acids is 1. The summed E-state index contributed by atoms with van der Waals surface area (Å²) in [5, 5.41) is 8.53. The molecule has 86 valence electrons. The molecule has 1 aromatic carbocycles. The molecule has 0 amide bonds. The van der Waals surface area contributed by atoms with Crippen LogP contribution in [-0.2, 0) is 4.79 Å². The molecule has 0 saturated heterocycles. The van der Waals surface area contributed by atoms with E-state index < -0.39 is 11.8 Å². The molecule has 0 aliphatic carbocycles. The topological polar surface area (TPSA) is 46.5 Å². The second-order valence-electron chi connectivity index (χ2n) is 3.06. The molecule has 1 rings (SSSR count). The quantitative estimate of drug-likeness (QED) is 0.829. The Morgan fingerprint density at radius 3 is 2.94 bits per heavy atom. The monoisotopic (exact) mass is 244 g/mol. The molecule has 1 aromatic rings. The van der Waals surface area contributed by atoms with E-state index in [9.17, 15) is 9.18 Å². The summed E-state index contributed by atoms with van der Waals surface area (Å²) in [6, 6.07) is 4.38. The molecule has 0 heterocycles. The predicted molar refractivity (Wildman–Crippen MR) is 58.3 cm³/mol. The third-order valence-electron chi connectivity index (χ3n) is 1.88. The summed E-state index contributed by atoms with van der Waals surface area (Å²) in [7, 11) is 0. The smallest absolute Gasteiger partial charge is 0.331 e. The van der Waals surface area contributed by atoms with E-state index >= 15 is 0 Å². The maximum atomic E-state index is 13.3. The first-order valence-electron chi connectivity index (χ1n) is 4.49. The minimum Gasteiger partial charge on any atom is -0.486 e. The Morgan fingerprint density at radius 1 is 1.62 bits per heavy atom. The molecule has 16 heavy (non-hydrogen) atoms. The molecule has 0 spiro atoms. The van der Waals surface area contributed by atoms with Crippen LogP contribution >= 0.6 is 11.6 Å². The molecule has 0 saturated carbocycles. The number of ether oxygens (including phenoxy) is 1. The van der Waals surface area contributed by atoms with Gasteiger partial charge >= 0.3 is 5.97 Å². The maximum Gasteiger partial charge on any atom is 0.331 e. The SMILES string of the molecule is C/C(=C/COc1cccc(Cl)c1F)C(=O)O. The molecule has 1 N–H and O–H groups in total. The largest absolute Gasteiger partial charge is 0.486 e. The van der Waals surface area contributed by atoms with Gasteiger partial charge in [0.25, 0.3) is 0 Å². The lowest BCUT2D eigenvalue weighted by atomic mass is 10.3. The van der Waals surface area contributed by atoms with Gasteiger partial charge in [0.2, 0.25) is 0 Å². The zero-order valence-electron chi connectivity index (χ0n) is 8.54. The summed E-state index contributed by atoms with van der Waals surface area (Å²) in [6.45, 7) is 1.41. The first-order chi connectivity index (χ1) is 7.52. The minimum atomic E-state index is -1.03. The van der Waals surface area contributed by atoms with Gasteiger partial charge in [-0.1, -0.05) is 17.7 Å². The fourth-order valence-corrected chi connectivity index (χ4v) is 1.11. The van der Waals surface area contributed by atoms with Crippen molar-refractivity contribution < 1.29 is 19.0 Å². The summed E-state index contributed by atoms with van der Waals surface area (Å²) in [5.74, 6) is -1.68. The maximum absolute atomic E-state index is 13.3. The number of halogens is 2. The first kappa shape index (κ1) is 12.5. The van der Waals surface area contributed by atoms with E-state index in [1.807, 2.05) is 0 Å². The Balaban J connectivity index is 2.66. The number of rotatable bonds is 4. The van der Waals surface area contributed by atoms with E-state index in [-0.39, 0.29) is 23.0 Å². The molecular weight excluding hydrogens is 235 g/mol. The van der Waals surface area contributed by atoms with Crippen LogP contribution in [0, 0.1) is 5.82 Å². The van der Waals surface area contributed by atoms with Crippen molar-refractivity contribution in [1.29, 1.82) is 0 Å². The van der Waals surface area contributed by atoms with Crippen LogP contribution in [0.4, 0.5) is 4.39 Å². The van der Waals surface area contributed by atoms with Crippen molar-refractivity contribution in [3.05, 3.63) is 40.7 Å². The third kappa shape index (κ3) is 3.24. The van der Waals surface area contributed by atoms with Crippen LogP contribution in [0.5, 0.6) is 5.75 Å². The highest BCUT2D eigenvalue weighted by Crippen LogP contribution is 2.23. The van der Waals surface area contributed by atoms with Gasteiger partial charge in [-0.3, -0.25) is 0 Å². The molecule has 3 nitrogen and oxygen atoms in total. The molecule has 0 aliphatic heterocycles. The van der Waals surface area contributed by atoms with E-state index in [4.69, 9.17) is 21.4 Å². The second kappa shape index (κ2) is 5.51. The summed E-state index contributed by atoms with van der Waals surface area (Å²) < 4.78 is 18.3. The molecule has 0 aliphatic rings. The van der Waals surface area contributed by atoms with E-state index in [2.05, 4.69) is 0 Å². The standard InChI is InChI=1S/C11H10ClFO3/c1-7(11(14)15)5-6-16-9-4-2-3-8(12)10(9)13/h2-5H,6H2,1H3,(H,14,15)/b7-5-. The zero-order valence-corrected chi connectivity index (χ0v) is 9.29. The van der Waals surface area contributed by atoms with E-state index in [1.54, 1.807) is 6.07 Å². The molecule has 5 heteroatoms. The van der Waals surface area contributed by atoms with Crippen LogP contribution in [0.2, 0.25) is 5.02 Å². The van der Waals surface area contributed by atoms with Crippen LogP contribution in [0.1, 0.15) is 6.92 Å². The number of carbonyl (C=O) groups is 1. The highest BCUT2D eigenvalue weighted by molar-refractivity contribution is 6.30. The van der Waals surface area contributed by atoms with Crippen molar-refractivity contribution in [1.82, 2.24) is 0 Å². The van der Waals surface area contributed by atoms with E-state index in [0.717, 1.165) is 0 Å². The summed E-state index contributed by atoms with van der Waals surface area (Å²) in [6.07, 6.45) is 1.35. The molecule has 0 bridgehead atoms. The van der Waals surface area contributed by atoms with Crippen LogP contribution < -0.4 is 4.74 Å². The van der Waals surface area contributed by atoms with Gasteiger partial charge in [-0.2, -0.15) is 0 Å². The number of hydrogen-bond acceptors (Lipinski definition) is 2. The lowest BCUT2D eigenvalue weighted by Crippen LogP contribution is -2.01. The summed E-state index contributed by atoms with van der Waals surface area (Å²) in [4.78, 5) is 10.4. The Morgan fingerprint density at radius 2 is 2.31 bits per heavy atom. The van der Waals surface area contributed by atoms with Crippen molar-refractivity contribution in [3.63, 3.8) is 0 Å². The summed E-state index contributed by atoms with van der Waals surface area (Å²) >= 11 is 5.54. The van der Waals surface area contributed by atoms with Crippen molar-refractivity contribution in [2.45, 2.75) is 6.92 Å². The molecule has 0 aromatic heterocycles. The first-order valence-corrected chi connectivity index (χ1v) is 4.87. The Hall–Kier alpha value is -1.55. The van der Waals surface area contributed by atoms with Gasteiger partial charge in [0.05, 0.1) is 5.02 Å². The predicted octanol–water partition coefficient (Wildman–Crippen LogP) is 2.89. The zero-order chi connectivity index (χ0) is 12.1. The number of carboxylic acid groups (broad SMARTS) is 1. The average molecular weight is 245 g/mol. The Bertz CT molecular complexity index is 429. The van der Waals surface area contributed by atoms with Crippen molar-refractivity contribution in [2.24, 2.45) is 0 Å². The second-order valence-corrected chi connectivity index (χ2v) is 3.46. The van der Waals surface area contributed by atoms with Crippen LogP contribution in [0.3, 0.4) is 0 Å². The minimum absolute atomic E-state index is 0.00180. The molecule has 0 radical (unpaired) electrons.